The number of pyridine rings is 1. The standard InChI is InChI=1S/C11H15N3O2S/c1-8-2-3-12-11-10(8)13-6-9-7-17(15,16)5-4-14(9)11/h2-3,9,13H,4-7H2,1H3. The molecule has 0 amide bonds. The fraction of sp³-hybridized carbons (Fsp3) is 0.545. The van der Waals surface area contributed by atoms with Crippen molar-refractivity contribution in [3.8, 4) is 0 Å². The van der Waals surface area contributed by atoms with Crippen LogP contribution in [0.15, 0.2) is 12.3 Å². The Morgan fingerprint density at radius 3 is 3.18 bits per heavy atom. The molecular weight excluding hydrogens is 238 g/mol. The SMILES string of the molecule is Cc1ccnc2c1NCC1CS(=O)(=O)CCN21. The number of aromatic nitrogens is 1. The highest BCUT2D eigenvalue weighted by molar-refractivity contribution is 7.91. The van der Waals surface area contributed by atoms with E-state index in [1.165, 1.54) is 0 Å². The molecule has 0 radical (unpaired) electrons. The molecule has 6 heteroatoms. The highest BCUT2D eigenvalue weighted by Crippen LogP contribution is 2.33. The molecule has 1 fully saturated rings. The van der Waals surface area contributed by atoms with Crippen molar-refractivity contribution in [2.75, 3.05) is 34.8 Å². The molecule has 2 aliphatic rings. The first-order valence-corrected chi connectivity index (χ1v) is 7.55. The summed E-state index contributed by atoms with van der Waals surface area (Å²) >= 11 is 0. The van der Waals surface area contributed by atoms with Crippen LogP contribution in [0.3, 0.4) is 0 Å². The Bertz CT molecular complexity index is 556. The van der Waals surface area contributed by atoms with Gasteiger partial charge < -0.3 is 10.2 Å². The normalized spacial score (nSPS) is 25.7. The molecule has 1 saturated heterocycles. The molecule has 0 bridgehead atoms. The second kappa shape index (κ2) is 3.60. The van der Waals surface area contributed by atoms with Gasteiger partial charge in [0.25, 0.3) is 0 Å². The molecule has 1 aromatic heterocycles. The van der Waals surface area contributed by atoms with Gasteiger partial charge in [0, 0.05) is 19.3 Å². The van der Waals surface area contributed by atoms with E-state index in [0.29, 0.717) is 13.1 Å². The predicted molar refractivity (Wildman–Crippen MR) is 67.3 cm³/mol. The van der Waals surface area contributed by atoms with Crippen molar-refractivity contribution in [1.82, 2.24) is 4.98 Å². The summed E-state index contributed by atoms with van der Waals surface area (Å²) in [5.41, 5.74) is 2.20. The maximum Gasteiger partial charge on any atom is 0.154 e. The van der Waals surface area contributed by atoms with Crippen LogP contribution in [0.1, 0.15) is 5.56 Å². The van der Waals surface area contributed by atoms with Crippen LogP contribution in [-0.4, -0.2) is 44.0 Å². The molecule has 2 aliphatic heterocycles. The summed E-state index contributed by atoms with van der Waals surface area (Å²) in [4.78, 5) is 6.51. The average molecular weight is 253 g/mol. The molecule has 17 heavy (non-hydrogen) atoms. The van der Waals surface area contributed by atoms with E-state index in [9.17, 15) is 8.42 Å². The van der Waals surface area contributed by atoms with E-state index in [-0.39, 0.29) is 17.5 Å². The van der Waals surface area contributed by atoms with Crippen molar-refractivity contribution in [2.24, 2.45) is 0 Å². The molecule has 0 spiro atoms. The van der Waals surface area contributed by atoms with E-state index in [2.05, 4.69) is 15.2 Å². The number of fused-ring (bicyclic) bond motifs is 3. The summed E-state index contributed by atoms with van der Waals surface area (Å²) in [6, 6.07) is 1.99. The van der Waals surface area contributed by atoms with Crippen LogP contribution in [0.2, 0.25) is 0 Å². The second-order valence-electron chi connectivity index (χ2n) is 4.67. The Morgan fingerprint density at radius 1 is 1.53 bits per heavy atom. The van der Waals surface area contributed by atoms with Crippen molar-refractivity contribution in [3.63, 3.8) is 0 Å². The molecular formula is C11H15N3O2S. The van der Waals surface area contributed by atoms with Gasteiger partial charge in [-0.1, -0.05) is 0 Å². The predicted octanol–water partition coefficient (Wildman–Crippen LogP) is 0.419. The van der Waals surface area contributed by atoms with E-state index in [4.69, 9.17) is 0 Å². The first-order valence-electron chi connectivity index (χ1n) is 5.73. The molecule has 1 aromatic rings. The van der Waals surface area contributed by atoms with Crippen LogP contribution in [-0.2, 0) is 9.84 Å². The zero-order chi connectivity index (χ0) is 12.0. The van der Waals surface area contributed by atoms with Crippen molar-refractivity contribution in [2.45, 2.75) is 13.0 Å². The Hall–Kier alpha value is -1.30. The van der Waals surface area contributed by atoms with Crippen LogP contribution in [0.5, 0.6) is 0 Å². The average Bonchev–Trinajstić information content (AvgIpc) is 2.27. The van der Waals surface area contributed by atoms with Crippen molar-refractivity contribution in [3.05, 3.63) is 17.8 Å². The third-order valence-corrected chi connectivity index (χ3v) is 5.15. The molecule has 0 aromatic carbocycles. The van der Waals surface area contributed by atoms with E-state index in [1.807, 2.05) is 13.0 Å². The highest BCUT2D eigenvalue weighted by atomic mass is 32.2. The number of nitrogens with zero attached hydrogens (tertiary/aromatic N) is 2. The van der Waals surface area contributed by atoms with E-state index in [1.54, 1.807) is 6.20 Å². The third kappa shape index (κ3) is 1.76. The minimum absolute atomic E-state index is 0.0237. The molecule has 5 nitrogen and oxygen atoms in total. The van der Waals surface area contributed by atoms with Gasteiger partial charge in [0.2, 0.25) is 0 Å². The van der Waals surface area contributed by atoms with Gasteiger partial charge in [0.15, 0.2) is 15.7 Å². The van der Waals surface area contributed by atoms with Crippen molar-refractivity contribution >= 4 is 21.3 Å². The lowest BCUT2D eigenvalue weighted by atomic mass is 10.1. The Morgan fingerprint density at radius 2 is 2.35 bits per heavy atom. The molecule has 92 valence electrons. The number of nitrogens with one attached hydrogen (secondary N) is 1. The fourth-order valence-corrected chi connectivity index (χ4v) is 4.06. The number of rotatable bonds is 0. The highest BCUT2D eigenvalue weighted by Gasteiger charge is 2.35. The second-order valence-corrected chi connectivity index (χ2v) is 6.90. The van der Waals surface area contributed by atoms with Gasteiger partial charge in [-0.2, -0.15) is 0 Å². The topological polar surface area (TPSA) is 62.3 Å². The Kier molecular flexibility index (Phi) is 2.29. The molecule has 3 heterocycles. The van der Waals surface area contributed by atoms with Gasteiger partial charge >= 0.3 is 0 Å². The Labute approximate surface area is 101 Å². The number of anilines is 2. The summed E-state index contributed by atoms with van der Waals surface area (Å²) in [7, 11) is -2.88. The van der Waals surface area contributed by atoms with Crippen LogP contribution in [0.4, 0.5) is 11.5 Å². The van der Waals surface area contributed by atoms with E-state index in [0.717, 1.165) is 17.1 Å². The van der Waals surface area contributed by atoms with Gasteiger partial charge in [0.1, 0.15) is 0 Å². The lowest BCUT2D eigenvalue weighted by molar-refractivity contribution is 0.557. The zero-order valence-electron chi connectivity index (χ0n) is 9.68. The molecule has 1 N–H and O–H groups in total. The monoisotopic (exact) mass is 253 g/mol. The summed E-state index contributed by atoms with van der Waals surface area (Å²) < 4.78 is 23.2. The molecule has 3 rings (SSSR count). The molecule has 1 unspecified atom stereocenters. The minimum Gasteiger partial charge on any atom is -0.380 e. The smallest absolute Gasteiger partial charge is 0.154 e. The van der Waals surface area contributed by atoms with E-state index < -0.39 is 9.84 Å². The maximum absolute atomic E-state index is 11.6. The van der Waals surface area contributed by atoms with Crippen molar-refractivity contribution < 1.29 is 8.42 Å². The molecule has 1 atom stereocenters. The summed E-state index contributed by atoms with van der Waals surface area (Å²) in [5, 5.41) is 3.30. The lowest BCUT2D eigenvalue weighted by Crippen LogP contribution is -2.54. The summed E-state index contributed by atoms with van der Waals surface area (Å²) in [6.45, 7) is 3.27. The zero-order valence-corrected chi connectivity index (χ0v) is 10.5. The number of sulfone groups is 1. The van der Waals surface area contributed by atoms with Crippen LogP contribution < -0.4 is 10.2 Å². The van der Waals surface area contributed by atoms with Gasteiger partial charge in [-0.15, -0.1) is 0 Å². The third-order valence-electron chi connectivity index (χ3n) is 3.46. The van der Waals surface area contributed by atoms with Crippen LogP contribution >= 0.6 is 0 Å². The fourth-order valence-electron chi connectivity index (χ4n) is 2.53. The summed E-state index contributed by atoms with van der Waals surface area (Å²) in [6.07, 6.45) is 1.78. The summed E-state index contributed by atoms with van der Waals surface area (Å²) in [5.74, 6) is 1.37. The Balaban J connectivity index is 2.01. The quantitative estimate of drug-likeness (QED) is 0.726. The van der Waals surface area contributed by atoms with Gasteiger partial charge in [-0.3, -0.25) is 0 Å². The molecule has 0 saturated carbocycles. The van der Waals surface area contributed by atoms with Crippen LogP contribution in [0.25, 0.3) is 0 Å². The number of hydrogen-bond acceptors (Lipinski definition) is 5. The first kappa shape index (κ1) is 10.8. The van der Waals surface area contributed by atoms with Gasteiger partial charge in [-0.25, -0.2) is 13.4 Å². The van der Waals surface area contributed by atoms with Gasteiger partial charge in [-0.05, 0) is 18.6 Å². The number of hydrogen-bond donors (Lipinski definition) is 1. The maximum atomic E-state index is 11.6. The molecule has 0 aliphatic carbocycles. The van der Waals surface area contributed by atoms with E-state index >= 15 is 0 Å². The van der Waals surface area contributed by atoms with Gasteiger partial charge in [0.05, 0.1) is 23.2 Å². The van der Waals surface area contributed by atoms with Crippen LogP contribution in [0, 0.1) is 6.92 Å². The number of aryl methyl sites for hydroxylation is 1. The van der Waals surface area contributed by atoms with Crippen molar-refractivity contribution in [1.29, 1.82) is 0 Å². The minimum atomic E-state index is -2.88. The lowest BCUT2D eigenvalue weighted by Gasteiger charge is -2.41. The largest absolute Gasteiger partial charge is 0.380 e. The first-order chi connectivity index (χ1) is 8.07.